The van der Waals surface area contributed by atoms with Crippen LogP contribution in [0.3, 0.4) is 0 Å². The van der Waals surface area contributed by atoms with Crippen LogP contribution >= 0.6 is 0 Å². The second-order valence-corrected chi connectivity index (χ2v) is 6.03. The number of hydrogen-bond acceptors (Lipinski definition) is 2. The number of benzene rings is 2. The van der Waals surface area contributed by atoms with Crippen LogP contribution in [0.1, 0.15) is 28.8 Å². The molecule has 2 amide bonds. The summed E-state index contributed by atoms with van der Waals surface area (Å²) >= 11 is 0. The Bertz CT molecular complexity index is 821. The van der Waals surface area contributed by atoms with E-state index in [1.165, 1.54) is 6.07 Å². The SMILES string of the molecule is O=C(C=Cc1c(F)cccc1F)Nc1ccc(C(=O)N2CCCC2)cc1. The van der Waals surface area contributed by atoms with Crippen LogP contribution in [-0.4, -0.2) is 29.8 Å². The van der Waals surface area contributed by atoms with Crippen molar-refractivity contribution in [3.05, 3.63) is 71.3 Å². The van der Waals surface area contributed by atoms with Crippen molar-refractivity contribution >= 4 is 23.6 Å². The normalized spacial score (nSPS) is 14.0. The summed E-state index contributed by atoms with van der Waals surface area (Å²) in [4.78, 5) is 26.0. The largest absolute Gasteiger partial charge is 0.339 e. The third kappa shape index (κ3) is 4.14. The van der Waals surface area contributed by atoms with Crippen LogP contribution in [0.5, 0.6) is 0 Å². The zero-order valence-corrected chi connectivity index (χ0v) is 14.0. The maximum absolute atomic E-state index is 13.5. The van der Waals surface area contributed by atoms with Crippen LogP contribution in [0.15, 0.2) is 48.5 Å². The highest BCUT2D eigenvalue weighted by Gasteiger charge is 2.19. The Morgan fingerprint density at radius 2 is 1.58 bits per heavy atom. The summed E-state index contributed by atoms with van der Waals surface area (Å²) in [5, 5.41) is 2.59. The first-order chi connectivity index (χ1) is 12.5. The van der Waals surface area contributed by atoms with Gasteiger partial charge in [-0.25, -0.2) is 8.78 Å². The number of likely N-dealkylation sites (tertiary alicyclic amines) is 1. The predicted octanol–water partition coefficient (Wildman–Crippen LogP) is 3.85. The average molecular weight is 356 g/mol. The highest BCUT2D eigenvalue weighted by Crippen LogP contribution is 2.16. The number of amides is 2. The summed E-state index contributed by atoms with van der Waals surface area (Å²) in [5.41, 5.74) is 0.787. The molecule has 0 unspecified atom stereocenters. The van der Waals surface area contributed by atoms with E-state index >= 15 is 0 Å². The Labute approximate surface area is 150 Å². The van der Waals surface area contributed by atoms with E-state index < -0.39 is 17.5 Å². The van der Waals surface area contributed by atoms with Gasteiger partial charge in [-0.1, -0.05) is 6.07 Å². The van der Waals surface area contributed by atoms with E-state index in [1.807, 2.05) is 0 Å². The number of nitrogens with zero attached hydrogens (tertiary/aromatic N) is 1. The molecule has 0 aromatic heterocycles. The van der Waals surface area contributed by atoms with Crippen LogP contribution in [-0.2, 0) is 4.79 Å². The fourth-order valence-electron chi connectivity index (χ4n) is 2.81. The molecule has 26 heavy (non-hydrogen) atoms. The molecule has 0 spiro atoms. The van der Waals surface area contributed by atoms with E-state index in [0.29, 0.717) is 11.3 Å². The van der Waals surface area contributed by atoms with Gasteiger partial charge in [0, 0.05) is 36.0 Å². The van der Waals surface area contributed by atoms with Gasteiger partial charge < -0.3 is 10.2 Å². The van der Waals surface area contributed by atoms with Crippen molar-refractivity contribution in [3.63, 3.8) is 0 Å². The van der Waals surface area contributed by atoms with E-state index in [0.717, 1.165) is 50.2 Å². The molecule has 0 bridgehead atoms. The number of rotatable bonds is 4. The molecule has 134 valence electrons. The van der Waals surface area contributed by atoms with Gasteiger partial charge >= 0.3 is 0 Å². The maximum Gasteiger partial charge on any atom is 0.253 e. The number of anilines is 1. The van der Waals surface area contributed by atoms with E-state index in [-0.39, 0.29) is 11.5 Å². The summed E-state index contributed by atoms with van der Waals surface area (Å²) in [6.45, 7) is 1.55. The lowest BCUT2D eigenvalue weighted by molar-refractivity contribution is -0.111. The van der Waals surface area contributed by atoms with E-state index in [1.54, 1.807) is 29.2 Å². The van der Waals surface area contributed by atoms with E-state index in [4.69, 9.17) is 0 Å². The van der Waals surface area contributed by atoms with Gasteiger partial charge in [0.15, 0.2) is 0 Å². The van der Waals surface area contributed by atoms with E-state index in [2.05, 4.69) is 5.32 Å². The zero-order valence-electron chi connectivity index (χ0n) is 14.0. The lowest BCUT2D eigenvalue weighted by Gasteiger charge is -2.15. The summed E-state index contributed by atoms with van der Waals surface area (Å²) in [6, 6.07) is 10.0. The topological polar surface area (TPSA) is 49.4 Å². The molecular formula is C20H18F2N2O2. The molecule has 0 radical (unpaired) electrons. The lowest BCUT2D eigenvalue weighted by atomic mass is 10.1. The summed E-state index contributed by atoms with van der Waals surface area (Å²) in [5.74, 6) is -2.01. The number of carbonyl (C=O) groups is 2. The van der Waals surface area contributed by atoms with Crippen molar-refractivity contribution < 1.29 is 18.4 Å². The standard InChI is InChI=1S/C20H18F2N2O2/c21-17-4-3-5-18(22)16(17)10-11-19(25)23-15-8-6-14(7-9-15)20(26)24-12-1-2-13-24/h3-11H,1-2,12-13H2,(H,23,25). The summed E-state index contributed by atoms with van der Waals surface area (Å²) in [6.07, 6.45) is 4.19. The minimum Gasteiger partial charge on any atom is -0.339 e. The molecule has 2 aromatic carbocycles. The number of hydrogen-bond donors (Lipinski definition) is 1. The first-order valence-corrected chi connectivity index (χ1v) is 8.37. The van der Waals surface area contributed by atoms with Crippen molar-refractivity contribution in [2.45, 2.75) is 12.8 Å². The van der Waals surface area contributed by atoms with Crippen molar-refractivity contribution in [1.82, 2.24) is 4.90 Å². The second-order valence-electron chi connectivity index (χ2n) is 6.03. The Hall–Kier alpha value is -3.02. The van der Waals surface area contributed by atoms with Gasteiger partial charge in [0.1, 0.15) is 11.6 Å². The first kappa shape index (κ1) is 17.8. The molecule has 1 aliphatic heterocycles. The molecule has 0 saturated carbocycles. The van der Waals surface area contributed by atoms with Crippen LogP contribution in [0.2, 0.25) is 0 Å². The quantitative estimate of drug-likeness (QED) is 0.846. The molecule has 2 aromatic rings. The summed E-state index contributed by atoms with van der Waals surface area (Å²) in [7, 11) is 0. The predicted molar refractivity (Wildman–Crippen MR) is 95.6 cm³/mol. The summed E-state index contributed by atoms with van der Waals surface area (Å²) < 4.78 is 27.0. The first-order valence-electron chi connectivity index (χ1n) is 8.37. The highest BCUT2D eigenvalue weighted by molar-refractivity contribution is 6.02. The highest BCUT2D eigenvalue weighted by atomic mass is 19.1. The Balaban J connectivity index is 1.62. The van der Waals surface area contributed by atoms with Gasteiger partial charge in [0.05, 0.1) is 0 Å². The minimum absolute atomic E-state index is 0.0182. The van der Waals surface area contributed by atoms with Gasteiger partial charge in [-0.15, -0.1) is 0 Å². The molecule has 1 aliphatic rings. The van der Waals surface area contributed by atoms with Gasteiger partial charge in [0.2, 0.25) is 5.91 Å². The van der Waals surface area contributed by atoms with Gasteiger partial charge in [-0.3, -0.25) is 9.59 Å². The minimum atomic E-state index is -0.737. The van der Waals surface area contributed by atoms with Gasteiger partial charge in [-0.05, 0) is 55.3 Å². The second kappa shape index (κ2) is 7.91. The molecule has 1 N–H and O–H groups in total. The third-order valence-corrected chi connectivity index (χ3v) is 4.19. The molecule has 4 nitrogen and oxygen atoms in total. The fraction of sp³-hybridized carbons (Fsp3) is 0.200. The molecule has 3 rings (SSSR count). The molecule has 1 heterocycles. The number of nitrogens with one attached hydrogen (secondary N) is 1. The van der Waals surface area contributed by atoms with Crippen LogP contribution in [0.4, 0.5) is 14.5 Å². The molecule has 1 saturated heterocycles. The number of carbonyl (C=O) groups excluding carboxylic acids is 2. The molecule has 0 atom stereocenters. The molecule has 6 heteroatoms. The van der Waals surface area contributed by atoms with Crippen molar-refractivity contribution in [1.29, 1.82) is 0 Å². The van der Waals surface area contributed by atoms with Crippen LogP contribution in [0.25, 0.3) is 6.08 Å². The van der Waals surface area contributed by atoms with Crippen molar-refractivity contribution in [2.24, 2.45) is 0 Å². The van der Waals surface area contributed by atoms with Gasteiger partial charge in [0.25, 0.3) is 5.91 Å². The monoisotopic (exact) mass is 356 g/mol. The molecular weight excluding hydrogens is 338 g/mol. The van der Waals surface area contributed by atoms with Crippen LogP contribution < -0.4 is 5.32 Å². The van der Waals surface area contributed by atoms with Crippen LogP contribution in [0, 0.1) is 11.6 Å². The Morgan fingerprint density at radius 1 is 0.962 bits per heavy atom. The molecule has 0 aliphatic carbocycles. The molecule has 1 fully saturated rings. The average Bonchev–Trinajstić information content (AvgIpc) is 3.16. The Morgan fingerprint density at radius 3 is 2.19 bits per heavy atom. The van der Waals surface area contributed by atoms with Crippen molar-refractivity contribution in [3.8, 4) is 0 Å². The third-order valence-electron chi connectivity index (χ3n) is 4.19. The lowest BCUT2D eigenvalue weighted by Crippen LogP contribution is -2.27. The smallest absolute Gasteiger partial charge is 0.253 e. The maximum atomic E-state index is 13.5. The fourth-order valence-corrected chi connectivity index (χ4v) is 2.81. The van der Waals surface area contributed by atoms with E-state index in [9.17, 15) is 18.4 Å². The van der Waals surface area contributed by atoms with Gasteiger partial charge in [-0.2, -0.15) is 0 Å². The Kier molecular flexibility index (Phi) is 5.41. The van der Waals surface area contributed by atoms with Crippen molar-refractivity contribution in [2.75, 3.05) is 18.4 Å². The zero-order chi connectivity index (χ0) is 18.5. The number of halogens is 2.